The van der Waals surface area contributed by atoms with Gasteiger partial charge in [-0.25, -0.2) is 4.79 Å². The summed E-state index contributed by atoms with van der Waals surface area (Å²) in [5, 5.41) is 12.4. The van der Waals surface area contributed by atoms with E-state index in [2.05, 4.69) is 6.92 Å². The van der Waals surface area contributed by atoms with Gasteiger partial charge in [0.15, 0.2) is 0 Å². The Labute approximate surface area is 147 Å². The summed E-state index contributed by atoms with van der Waals surface area (Å²) in [6.07, 6.45) is 3.25. The second-order valence-corrected chi connectivity index (χ2v) is 7.36. The van der Waals surface area contributed by atoms with Crippen molar-refractivity contribution >= 4 is 16.9 Å². The maximum absolute atomic E-state index is 12.2. The minimum Gasteiger partial charge on any atom is -0.507 e. The topological polar surface area (TPSA) is 55.8 Å². The quantitative estimate of drug-likeness (QED) is 0.455. The summed E-state index contributed by atoms with van der Waals surface area (Å²) in [6, 6.07) is 7.59. The summed E-state index contributed by atoms with van der Waals surface area (Å²) in [5.74, 6) is 2.20. The molecule has 0 aliphatic heterocycles. The lowest BCUT2D eigenvalue weighted by Crippen LogP contribution is -2.15. The van der Waals surface area contributed by atoms with E-state index in [9.17, 15) is 9.90 Å². The Hall–Kier alpha value is -2.23. The van der Waals surface area contributed by atoms with E-state index >= 15 is 0 Å². The first kappa shape index (κ1) is 16.2. The summed E-state index contributed by atoms with van der Waals surface area (Å²) in [7, 11) is 0. The van der Waals surface area contributed by atoms with E-state index in [0.29, 0.717) is 35.9 Å². The fourth-order valence-corrected chi connectivity index (χ4v) is 4.62. The smallest absolute Gasteiger partial charge is 0.507 e. The van der Waals surface area contributed by atoms with Gasteiger partial charge in [0.05, 0.1) is 6.61 Å². The van der Waals surface area contributed by atoms with Gasteiger partial charge in [0, 0.05) is 21.9 Å². The monoisotopic (exact) mass is 340 g/mol. The molecule has 3 unspecified atom stereocenters. The SMILES string of the molecule is CCCCOC(=O)Oc1c2c(c(O)c3ccccc13)C1CC2CC1C. The van der Waals surface area contributed by atoms with Crippen LogP contribution in [0, 0.1) is 5.92 Å². The Bertz CT molecular complexity index is 826. The van der Waals surface area contributed by atoms with Crippen LogP contribution in [0.25, 0.3) is 10.8 Å². The fourth-order valence-electron chi connectivity index (χ4n) is 4.62. The molecule has 0 aromatic heterocycles. The average Bonchev–Trinajstić information content (AvgIpc) is 3.16. The number of phenols is 1. The van der Waals surface area contributed by atoms with Gasteiger partial charge in [0.2, 0.25) is 0 Å². The number of unbranched alkanes of at least 4 members (excludes halogenated alkanes) is 1. The van der Waals surface area contributed by atoms with Crippen LogP contribution in [0.2, 0.25) is 0 Å². The highest BCUT2D eigenvalue weighted by Gasteiger charge is 2.46. The molecule has 0 amide bonds. The van der Waals surface area contributed by atoms with Gasteiger partial charge in [-0.3, -0.25) is 0 Å². The first-order chi connectivity index (χ1) is 12.1. The number of hydrogen-bond donors (Lipinski definition) is 1. The van der Waals surface area contributed by atoms with Crippen molar-refractivity contribution in [1.82, 2.24) is 0 Å². The molecule has 3 atom stereocenters. The lowest BCUT2D eigenvalue weighted by molar-refractivity contribution is 0.0978. The van der Waals surface area contributed by atoms with E-state index < -0.39 is 6.16 Å². The van der Waals surface area contributed by atoms with Crippen LogP contribution in [0.1, 0.15) is 62.5 Å². The Morgan fingerprint density at radius 2 is 1.96 bits per heavy atom. The highest BCUT2D eigenvalue weighted by molar-refractivity contribution is 5.97. The molecule has 0 heterocycles. The van der Waals surface area contributed by atoms with Crippen LogP contribution in [-0.2, 0) is 4.74 Å². The van der Waals surface area contributed by atoms with E-state index in [1.807, 2.05) is 31.2 Å². The Morgan fingerprint density at radius 3 is 2.72 bits per heavy atom. The number of fused-ring (bicyclic) bond motifs is 6. The zero-order chi connectivity index (χ0) is 17.6. The molecule has 2 aliphatic rings. The van der Waals surface area contributed by atoms with Gasteiger partial charge in [-0.05, 0) is 37.0 Å². The van der Waals surface area contributed by atoms with Crippen LogP contribution < -0.4 is 4.74 Å². The minimum atomic E-state index is -0.651. The molecule has 25 heavy (non-hydrogen) atoms. The lowest BCUT2D eigenvalue weighted by atomic mass is 9.82. The fraction of sp³-hybridized carbons (Fsp3) is 0.476. The average molecular weight is 340 g/mol. The molecule has 0 saturated heterocycles. The number of rotatable bonds is 4. The predicted octanol–water partition coefficient (Wildman–Crippen LogP) is 5.47. The van der Waals surface area contributed by atoms with Gasteiger partial charge in [0.1, 0.15) is 11.5 Å². The number of carbonyl (C=O) groups excluding carboxylic acids is 1. The van der Waals surface area contributed by atoms with E-state index in [1.54, 1.807) is 0 Å². The van der Waals surface area contributed by atoms with Gasteiger partial charge in [-0.15, -0.1) is 0 Å². The molecule has 1 N–H and O–H groups in total. The van der Waals surface area contributed by atoms with Gasteiger partial charge >= 0.3 is 6.16 Å². The van der Waals surface area contributed by atoms with Crippen molar-refractivity contribution in [2.45, 2.75) is 51.4 Å². The maximum atomic E-state index is 12.2. The molecule has 1 saturated carbocycles. The molecule has 2 aromatic carbocycles. The van der Waals surface area contributed by atoms with Crippen LogP contribution in [0.4, 0.5) is 4.79 Å². The van der Waals surface area contributed by atoms with Crippen molar-refractivity contribution in [3.8, 4) is 11.5 Å². The molecule has 2 bridgehead atoms. The van der Waals surface area contributed by atoms with E-state index in [4.69, 9.17) is 9.47 Å². The number of phenolic OH excluding ortho intramolecular Hbond substituents is 1. The molecule has 4 nitrogen and oxygen atoms in total. The second kappa shape index (κ2) is 6.25. The molecule has 4 heteroatoms. The van der Waals surface area contributed by atoms with Crippen molar-refractivity contribution in [3.63, 3.8) is 0 Å². The van der Waals surface area contributed by atoms with Gasteiger partial charge in [-0.1, -0.05) is 44.5 Å². The molecule has 1 fully saturated rings. The van der Waals surface area contributed by atoms with E-state index in [-0.39, 0.29) is 0 Å². The molecule has 0 spiro atoms. The summed E-state index contributed by atoms with van der Waals surface area (Å²) < 4.78 is 10.9. The molecule has 2 aromatic rings. The largest absolute Gasteiger partial charge is 0.513 e. The van der Waals surface area contributed by atoms with Crippen molar-refractivity contribution in [1.29, 1.82) is 0 Å². The summed E-state index contributed by atoms with van der Waals surface area (Å²) in [4.78, 5) is 12.2. The Balaban J connectivity index is 1.80. The van der Waals surface area contributed by atoms with Crippen molar-refractivity contribution in [2.24, 2.45) is 5.92 Å². The number of carbonyl (C=O) groups is 1. The number of aromatic hydroxyl groups is 1. The van der Waals surface area contributed by atoms with Crippen LogP contribution in [-0.4, -0.2) is 17.9 Å². The summed E-state index contributed by atoms with van der Waals surface area (Å²) in [6.45, 7) is 4.66. The maximum Gasteiger partial charge on any atom is 0.513 e. The second-order valence-electron chi connectivity index (χ2n) is 7.36. The summed E-state index contributed by atoms with van der Waals surface area (Å²) in [5.41, 5.74) is 2.01. The predicted molar refractivity (Wildman–Crippen MR) is 96.4 cm³/mol. The van der Waals surface area contributed by atoms with Gasteiger partial charge in [-0.2, -0.15) is 0 Å². The number of hydrogen-bond acceptors (Lipinski definition) is 4. The van der Waals surface area contributed by atoms with E-state index in [1.165, 1.54) is 0 Å². The van der Waals surface area contributed by atoms with Gasteiger partial charge < -0.3 is 14.6 Å². The first-order valence-corrected chi connectivity index (χ1v) is 9.23. The molecule has 0 radical (unpaired) electrons. The van der Waals surface area contributed by atoms with Crippen LogP contribution in [0.3, 0.4) is 0 Å². The number of benzene rings is 2. The first-order valence-electron chi connectivity index (χ1n) is 9.23. The Kier molecular flexibility index (Phi) is 4.06. The number of ether oxygens (including phenoxy) is 2. The van der Waals surface area contributed by atoms with Crippen molar-refractivity contribution in [3.05, 3.63) is 35.4 Å². The highest BCUT2D eigenvalue weighted by Crippen LogP contribution is 2.62. The van der Waals surface area contributed by atoms with Crippen molar-refractivity contribution in [2.75, 3.05) is 6.61 Å². The molecule has 2 aliphatic carbocycles. The summed E-state index contributed by atoms with van der Waals surface area (Å²) >= 11 is 0. The third-order valence-electron chi connectivity index (χ3n) is 5.78. The minimum absolute atomic E-state index is 0.350. The lowest BCUT2D eigenvalue weighted by Gasteiger charge is -2.25. The van der Waals surface area contributed by atoms with Gasteiger partial charge in [0.25, 0.3) is 0 Å². The molecular formula is C21H24O4. The third-order valence-corrected chi connectivity index (χ3v) is 5.78. The zero-order valence-electron chi connectivity index (χ0n) is 14.7. The normalized spacial score (nSPS) is 23.7. The molecule has 132 valence electrons. The van der Waals surface area contributed by atoms with Crippen molar-refractivity contribution < 1.29 is 19.4 Å². The van der Waals surface area contributed by atoms with Crippen LogP contribution >= 0.6 is 0 Å². The Morgan fingerprint density at radius 1 is 1.20 bits per heavy atom. The molecule has 4 rings (SSSR count). The third kappa shape index (κ3) is 2.55. The highest BCUT2D eigenvalue weighted by atomic mass is 16.7. The molecular weight excluding hydrogens is 316 g/mol. The van der Waals surface area contributed by atoms with Crippen LogP contribution in [0.15, 0.2) is 24.3 Å². The van der Waals surface area contributed by atoms with E-state index in [0.717, 1.165) is 47.6 Å². The standard InChI is InChI=1S/C21H24O4/c1-3-4-9-24-21(23)25-20-15-8-6-5-7-14(15)19(22)18-16-11-13(17(18)20)10-12(16)2/h5-8,12-13,16,22H,3-4,9-11H2,1-2H3. The zero-order valence-corrected chi connectivity index (χ0v) is 14.7. The van der Waals surface area contributed by atoms with Crippen LogP contribution in [0.5, 0.6) is 11.5 Å².